The molecule has 136 valence electrons. The molecule has 0 heterocycles. The number of fused-ring (bicyclic) bond motifs is 1. The molecule has 0 saturated heterocycles. The second-order valence-corrected chi connectivity index (χ2v) is 11.6. The lowest BCUT2D eigenvalue weighted by Gasteiger charge is -2.25. The summed E-state index contributed by atoms with van der Waals surface area (Å²) in [7, 11) is -0.657. The number of halogens is 1. The fourth-order valence-corrected chi connectivity index (χ4v) is 4.15. The number of aryl methyl sites for hydroxylation is 1. The number of rotatable bonds is 3. The maximum absolute atomic E-state index is 12.8. The minimum Gasteiger partial charge on any atom is -0.295 e. The van der Waals surface area contributed by atoms with Crippen molar-refractivity contribution in [1.29, 1.82) is 0 Å². The van der Waals surface area contributed by atoms with Crippen molar-refractivity contribution in [3.05, 3.63) is 65.0 Å². The third kappa shape index (κ3) is 5.18. The van der Waals surface area contributed by atoms with Gasteiger partial charge >= 0.3 is 0 Å². The topological polar surface area (TPSA) is 17.1 Å². The maximum atomic E-state index is 12.8. The first-order valence-corrected chi connectivity index (χ1v) is 11.7. The minimum absolute atomic E-state index is 0.0921. The predicted octanol–water partition coefficient (Wildman–Crippen LogP) is 6.21. The summed E-state index contributed by atoms with van der Waals surface area (Å²) in [6.07, 6.45) is 10.2. The van der Waals surface area contributed by atoms with Crippen molar-refractivity contribution in [2.24, 2.45) is 0 Å². The Balaban J connectivity index is 0.000000181. The molecule has 0 bridgehead atoms. The number of hydrogen-bond donors (Lipinski definition) is 0. The standard InChI is InChI=1S/C11H13F.C11H16OS/c1-2-8-3-4-9-7-10(12)5-6-11(8)9;1-9(12)10-5-7-11(8-6-10)13(2,3)4/h5-8H,2-4H2,1H3;5-8H,1-4H3. The molecule has 0 saturated carbocycles. The maximum Gasteiger partial charge on any atom is 0.159 e. The van der Waals surface area contributed by atoms with Gasteiger partial charge in [-0.05, 0) is 91.2 Å². The average Bonchev–Trinajstić information content (AvgIpc) is 2.96. The van der Waals surface area contributed by atoms with E-state index in [0.29, 0.717) is 5.92 Å². The van der Waals surface area contributed by atoms with Crippen molar-refractivity contribution in [3.8, 4) is 0 Å². The summed E-state index contributed by atoms with van der Waals surface area (Å²) in [4.78, 5) is 12.4. The normalized spacial score (nSPS) is 16.6. The van der Waals surface area contributed by atoms with Gasteiger partial charge in [-0.2, -0.15) is 0 Å². The molecule has 1 unspecified atom stereocenters. The Bertz CT molecular complexity index is 729. The highest BCUT2D eigenvalue weighted by atomic mass is 32.3. The van der Waals surface area contributed by atoms with E-state index in [1.54, 1.807) is 19.1 Å². The predicted molar refractivity (Wildman–Crippen MR) is 108 cm³/mol. The zero-order valence-corrected chi connectivity index (χ0v) is 16.8. The van der Waals surface area contributed by atoms with Crippen LogP contribution in [0.1, 0.15) is 54.1 Å². The third-order valence-corrected chi connectivity index (χ3v) is 6.45. The molecule has 3 rings (SSSR count). The van der Waals surface area contributed by atoms with Crippen LogP contribution in [-0.2, 0) is 6.42 Å². The second kappa shape index (κ2) is 8.18. The van der Waals surface area contributed by atoms with Crippen LogP contribution in [0.5, 0.6) is 0 Å². The molecule has 1 nitrogen and oxygen atoms in total. The van der Waals surface area contributed by atoms with E-state index in [1.165, 1.54) is 28.9 Å². The molecule has 1 aliphatic rings. The Morgan fingerprint density at radius 1 is 1.12 bits per heavy atom. The van der Waals surface area contributed by atoms with Crippen LogP contribution in [0.25, 0.3) is 0 Å². The van der Waals surface area contributed by atoms with Gasteiger partial charge in [-0.3, -0.25) is 4.79 Å². The van der Waals surface area contributed by atoms with E-state index in [2.05, 4.69) is 37.8 Å². The van der Waals surface area contributed by atoms with Crippen molar-refractivity contribution in [2.75, 3.05) is 18.8 Å². The number of hydrogen-bond acceptors (Lipinski definition) is 1. The van der Waals surface area contributed by atoms with Gasteiger partial charge in [0.05, 0.1) is 0 Å². The van der Waals surface area contributed by atoms with Crippen LogP contribution < -0.4 is 0 Å². The van der Waals surface area contributed by atoms with E-state index in [9.17, 15) is 9.18 Å². The van der Waals surface area contributed by atoms with Gasteiger partial charge in [0.15, 0.2) is 5.78 Å². The van der Waals surface area contributed by atoms with Crippen molar-refractivity contribution < 1.29 is 9.18 Å². The highest BCUT2D eigenvalue weighted by Crippen LogP contribution is 2.44. The molecule has 0 aliphatic heterocycles. The minimum atomic E-state index is -0.657. The summed E-state index contributed by atoms with van der Waals surface area (Å²) >= 11 is 0. The van der Waals surface area contributed by atoms with E-state index >= 15 is 0 Å². The lowest BCUT2D eigenvalue weighted by Crippen LogP contribution is -1.95. The van der Waals surface area contributed by atoms with Gasteiger partial charge in [-0.25, -0.2) is 14.4 Å². The molecule has 2 aromatic rings. The molecule has 0 spiro atoms. The Morgan fingerprint density at radius 2 is 1.76 bits per heavy atom. The van der Waals surface area contributed by atoms with Gasteiger partial charge < -0.3 is 0 Å². The number of carbonyl (C=O) groups is 1. The SMILES string of the molecule is CC(=O)c1ccc(S(C)(C)C)cc1.CCC1CCc2cc(F)ccc21. The first-order valence-electron chi connectivity index (χ1n) is 8.80. The Morgan fingerprint density at radius 3 is 2.28 bits per heavy atom. The van der Waals surface area contributed by atoms with Gasteiger partial charge in [0.25, 0.3) is 0 Å². The first kappa shape index (κ1) is 19.7. The van der Waals surface area contributed by atoms with E-state index < -0.39 is 10.0 Å². The van der Waals surface area contributed by atoms with E-state index in [4.69, 9.17) is 0 Å². The number of Topliss-reactive ketones (excluding diaryl/α,β-unsaturated/α-hetero) is 1. The summed E-state index contributed by atoms with van der Waals surface area (Å²) in [5.41, 5.74) is 3.40. The van der Waals surface area contributed by atoms with Gasteiger partial charge in [-0.15, -0.1) is 0 Å². The zero-order valence-electron chi connectivity index (χ0n) is 15.9. The van der Waals surface area contributed by atoms with E-state index in [-0.39, 0.29) is 11.6 Å². The zero-order chi connectivity index (χ0) is 18.6. The number of benzene rings is 2. The fourth-order valence-electron chi connectivity index (χ4n) is 3.20. The molecule has 0 aromatic heterocycles. The summed E-state index contributed by atoms with van der Waals surface area (Å²) in [5.74, 6) is 0.724. The molecule has 1 atom stereocenters. The smallest absolute Gasteiger partial charge is 0.159 e. The highest BCUT2D eigenvalue weighted by Gasteiger charge is 2.20. The molecule has 1 aliphatic carbocycles. The third-order valence-electron chi connectivity index (χ3n) is 4.77. The average molecular weight is 361 g/mol. The van der Waals surface area contributed by atoms with Crippen LogP contribution in [0.4, 0.5) is 4.39 Å². The van der Waals surface area contributed by atoms with Gasteiger partial charge in [0.1, 0.15) is 5.82 Å². The number of carbonyl (C=O) groups excluding carboxylic acids is 1. The van der Waals surface area contributed by atoms with E-state index in [1.807, 2.05) is 18.2 Å². The largest absolute Gasteiger partial charge is 0.295 e. The molecule has 0 N–H and O–H groups in total. The molecule has 0 amide bonds. The van der Waals surface area contributed by atoms with Crippen LogP contribution in [0, 0.1) is 5.82 Å². The van der Waals surface area contributed by atoms with Crippen molar-refractivity contribution in [1.82, 2.24) is 0 Å². The van der Waals surface area contributed by atoms with Crippen molar-refractivity contribution in [3.63, 3.8) is 0 Å². The summed E-state index contributed by atoms with van der Waals surface area (Å²) in [6.45, 7) is 3.79. The van der Waals surface area contributed by atoms with Gasteiger partial charge in [-0.1, -0.05) is 25.1 Å². The van der Waals surface area contributed by atoms with Crippen LogP contribution >= 0.6 is 10.0 Å². The lowest BCUT2D eigenvalue weighted by molar-refractivity contribution is 0.101. The summed E-state index contributed by atoms with van der Waals surface area (Å²) < 4.78 is 12.8. The molecule has 0 radical (unpaired) electrons. The summed E-state index contributed by atoms with van der Waals surface area (Å²) in [6, 6.07) is 13.2. The monoisotopic (exact) mass is 360 g/mol. The Kier molecular flexibility index (Phi) is 6.45. The van der Waals surface area contributed by atoms with Crippen molar-refractivity contribution in [2.45, 2.75) is 43.9 Å². The molecule has 3 heteroatoms. The molecule has 25 heavy (non-hydrogen) atoms. The highest BCUT2D eigenvalue weighted by molar-refractivity contribution is 8.32. The van der Waals surface area contributed by atoms with Gasteiger partial charge in [0, 0.05) is 5.56 Å². The molecule has 2 aromatic carbocycles. The second-order valence-electron chi connectivity index (χ2n) is 7.40. The van der Waals surface area contributed by atoms with Gasteiger partial charge in [0.2, 0.25) is 0 Å². The van der Waals surface area contributed by atoms with Crippen molar-refractivity contribution >= 4 is 15.8 Å². The number of ketones is 1. The van der Waals surface area contributed by atoms with Crippen LogP contribution in [0.15, 0.2) is 47.4 Å². The van der Waals surface area contributed by atoms with E-state index in [0.717, 1.165) is 12.0 Å². The Hall–Kier alpha value is -1.61. The molecular weight excluding hydrogens is 331 g/mol. The lowest BCUT2D eigenvalue weighted by atomic mass is 9.99. The Labute approximate surface area is 153 Å². The first-order chi connectivity index (χ1) is 11.7. The quantitative estimate of drug-likeness (QED) is 0.595. The summed E-state index contributed by atoms with van der Waals surface area (Å²) in [5, 5.41) is 0. The molecular formula is C22H29FOS. The van der Waals surface area contributed by atoms with Crippen LogP contribution in [0.2, 0.25) is 0 Å². The molecule has 0 fully saturated rings. The van der Waals surface area contributed by atoms with Crippen LogP contribution in [-0.4, -0.2) is 24.6 Å². The van der Waals surface area contributed by atoms with Crippen LogP contribution in [0.3, 0.4) is 0 Å². The fraction of sp³-hybridized carbons (Fsp3) is 0.409.